The monoisotopic (exact) mass is 328 g/mol. The van der Waals surface area contributed by atoms with Crippen LogP contribution in [0.1, 0.15) is 12.8 Å². The third-order valence-corrected chi connectivity index (χ3v) is 5.15. The Kier molecular flexibility index (Phi) is 5.08. The van der Waals surface area contributed by atoms with Gasteiger partial charge in [-0.05, 0) is 36.4 Å². The molecule has 0 fully saturated rings. The van der Waals surface area contributed by atoms with Gasteiger partial charge in [-0.25, -0.2) is 4.98 Å². The second kappa shape index (κ2) is 7.42. The summed E-state index contributed by atoms with van der Waals surface area (Å²) < 4.78 is 1.09. The molecule has 0 spiro atoms. The average molecular weight is 328 g/mol. The summed E-state index contributed by atoms with van der Waals surface area (Å²) >= 11 is 3.29. The highest BCUT2D eigenvalue weighted by Crippen LogP contribution is 2.25. The van der Waals surface area contributed by atoms with Gasteiger partial charge in [0.25, 0.3) is 0 Å². The summed E-state index contributed by atoms with van der Waals surface area (Å²) in [5.74, 6) is 0.977. The molecule has 1 heterocycles. The molecule has 3 rings (SSSR count). The number of amides is 1. The molecule has 0 radical (unpaired) electrons. The summed E-state index contributed by atoms with van der Waals surface area (Å²) in [5, 5.41) is 3.57. The van der Waals surface area contributed by atoms with Crippen molar-refractivity contribution < 1.29 is 4.79 Å². The van der Waals surface area contributed by atoms with Crippen LogP contribution in [0.5, 0.6) is 0 Å². The van der Waals surface area contributed by atoms with E-state index in [4.69, 9.17) is 0 Å². The third-order valence-electron chi connectivity index (χ3n) is 3.10. The Bertz CT molecular complexity index is 722. The lowest BCUT2D eigenvalue weighted by atomic mass is 10.3. The van der Waals surface area contributed by atoms with Gasteiger partial charge in [0.2, 0.25) is 5.91 Å². The summed E-state index contributed by atoms with van der Waals surface area (Å²) in [6, 6.07) is 18.1. The van der Waals surface area contributed by atoms with E-state index in [1.54, 1.807) is 11.8 Å². The highest BCUT2D eigenvalue weighted by atomic mass is 32.2. The number of fused-ring (bicyclic) bond motifs is 1. The van der Waals surface area contributed by atoms with Crippen LogP contribution < -0.4 is 5.32 Å². The number of carbonyl (C=O) groups is 1. The van der Waals surface area contributed by atoms with Crippen LogP contribution in [0.4, 0.5) is 5.13 Å². The molecule has 0 aliphatic heterocycles. The molecule has 1 aromatic heterocycles. The van der Waals surface area contributed by atoms with Gasteiger partial charge < -0.3 is 5.32 Å². The zero-order valence-electron chi connectivity index (χ0n) is 12.0. The number of thioether (sulfide) groups is 1. The summed E-state index contributed by atoms with van der Waals surface area (Å²) in [6.07, 6.45) is 1.38. The fraction of sp³-hybridized carbons (Fsp3) is 0.176. The van der Waals surface area contributed by atoms with Crippen LogP contribution in [0.2, 0.25) is 0 Å². The van der Waals surface area contributed by atoms with E-state index in [-0.39, 0.29) is 5.91 Å². The normalized spacial score (nSPS) is 10.7. The lowest BCUT2D eigenvalue weighted by molar-refractivity contribution is -0.116. The molecular formula is C17H16N2OS2. The predicted octanol–water partition coefficient (Wildman–Crippen LogP) is 4.81. The standard InChI is InChI=1S/C17H16N2OS2/c20-16(11-6-12-21-13-7-2-1-3-8-13)19-17-18-14-9-4-5-10-15(14)22-17/h1-5,7-10H,6,11-12H2,(H,18,19,20). The smallest absolute Gasteiger partial charge is 0.226 e. The van der Waals surface area contributed by atoms with Gasteiger partial charge in [-0.3, -0.25) is 4.79 Å². The Morgan fingerprint density at radius 2 is 1.86 bits per heavy atom. The quantitative estimate of drug-likeness (QED) is 0.522. The highest BCUT2D eigenvalue weighted by molar-refractivity contribution is 7.99. The van der Waals surface area contributed by atoms with Crippen molar-refractivity contribution in [2.45, 2.75) is 17.7 Å². The summed E-state index contributed by atoms with van der Waals surface area (Å²) in [4.78, 5) is 17.6. The largest absolute Gasteiger partial charge is 0.302 e. The molecule has 0 saturated heterocycles. The number of hydrogen-bond donors (Lipinski definition) is 1. The number of aromatic nitrogens is 1. The van der Waals surface area contributed by atoms with Crippen molar-refractivity contribution >= 4 is 44.4 Å². The summed E-state index contributed by atoms with van der Waals surface area (Å²) in [6.45, 7) is 0. The maximum absolute atomic E-state index is 11.9. The minimum Gasteiger partial charge on any atom is -0.302 e. The Labute approximate surface area is 137 Å². The molecule has 0 unspecified atom stereocenters. The average Bonchev–Trinajstić information content (AvgIpc) is 2.94. The lowest BCUT2D eigenvalue weighted by Gasteiger charge is -2.02. The predicted molar refractivity (Wildman–Crippen MR) is 94.6 cm³/mol. The maximum Gasteiger partial charge on any atom is 0.226 e. The van der Waals surface area contributed by atoms with Crippen LogP contribution in [0.15, 0.2) is 59.5 Å². The van der Waals surface area contributed by atoms with E-state index >= 15 is 0 Å². The van der Waals surface area contributed by atoms with Crippen LogP contribution in [0, 0.1) is 0 Å². The van der Waals surface area contributed by atoms with Crippen molar-refractivity contribution in [3.05, 3.63) is 54.6 Å². The Hall–Kier alpha value is -1.85. The van der Waals surface area contributed by atoms with E-state index in [9.17, 15) is 4.79 Å². The van der Waals surface area contributed by atoms with Gasteiger partial charge >= 0.3 is 0 Å². The van der Waals surface area contributed by atoms with Gasteiger partial charge in [-0.2, -0.15) is 0 Å². The first-order valence-electron chi connectivity index (χ1n) is 7.14. The van der Waals surface area contributed by atoms with E-state index in [0.29, 0.717) is 11.6 Å². The number of rotatable bonds is 6. The van der Waals surface area contributed by atoms with Crippen molar-refractivity contribution in [2.75, 3.05) is 11.1 Å². The number of para-hydroxylation sites is 1. The minimum absolute atomic E-state index is 0.0349. The maximum atomic E-state index is 11.9. The van der Waals surface area contributed by atoms with Crippen LogP contribution in [0.3, 0.4) is 0 Å². The molecule has 3 aromatic rings. The zero-order valence-corrected chi connectivity index (χ0v) is 13.6. The van der Waals surface area contributed by atoms with E-state index in [0.717, 1.165) is 22.4 Å². The van der Waals surface area contributed by atoms with Gasteiger partial charge in [-0.1, -0.05) is 41.7 Å². The molecule has 0 aliphatic rings. The molecule has 3 nitrogen and oxygen atoms in total. The van der Waals surface area contributed by atoms with Crippen molar-refractivity contribution in [3.63, 3.8) is 0 Å². The number of hydrogen-bond acceptors (Lipinski definition) is 4. The van der Waals surface area contributed by atoms with Gasteiger partial charge in [0.05, 0.1) is 10.2 Å². The fourth-order valence-electron chi connectivity index (χ4n) is 2.05. The van der Waals surface area contributed by atoms with Crippen molar-refractivity contribution in [3.8, 4) is 0 Å². The number of carbonyl (C=O) groups excluding carboxylic acids is 1. The topological polar surface area (TPSA) is 42.0 Å². The SMILES string of the molecule is O=C(CCCSc1ccccc1)Nc1nc2ccccc2s1. The highest BCUT2D eigenvalue weighted by Gasteiger charge is 2.07. The van der Waals surface area contributed by atoms with Crippen LogP contribution in [-0.4, -0.2) is 16.6 Å². The van der Waals surface area contributed by atoms with E-state index in [1.165, 1.54) is 16.2 Å². The minimum atomic E-state index is 0.0349. The Morgan fingerprint density at radius 1 is 1.09 bits per heavy atom. The molecule has 112 valence electrons. The molecule has 0 saturated carbocycles. The number of thiazole rings is 1. The lowest BCUT2D eigenvalue weighted by Crippen LogP contribution is -2.11. The fourth-order valence-corrected chi connectivity index (χ4v) is 3.80. The molecule has 22 heavy (non-hydrogen) atoms. The number of anilines is 1. The Morgan fingerprint density at radius 3 is 2.68 bits per heavy atom. The molecule has 0 atom stereocenters. The Balaban J connectivity index is 1.44. The van der Waals surface area contributed by atoms with Gasteiger partial charge in [0.1, 0.15) is 0 Å². The molecule has 0 bridgehead atoms. The molecule has 5 heteroatoms. The van der Waals surface area contributed by atoms with Crippen LogP contribution in [0.25, 0.3) is 10.2 Å². The first-order chi connectivity index (χ1) is 10.8. The molecular weight excluding hydrogens is 312 g/mol. The van der Waals surface area contributed by atoms with Gasteiger partial charge in [0, 0.05) is 11.3 Å². The third kappa shape index (κ3) is 4.08. The zero-order chi connectivity index (χ0) is 15.2. The van der Waals surface area contributed by atoms with E-state index in [1.807, 2.05) is 42.5 Å². The number of nitrogens with zero attached hydrogens (tertiary/aromatic N) is 1. The van der Waals surface area contributed by atoms with Crippen molar-refractivity contribution in [1.29, 1.82) is 0 Å². The summed E-state index contributed by atoms with van der Waals surface area (Å²) in [5.41, 5.74) is 0.933. The first-order valence-corrected chi connectivity index (χ1v) is 8.95. The molecule has 1 N–H and O–H groups in total. The van der Waals surface area contributed by atoms with Crippen LogP contribution >= 0.6 is 23.1 Å². The van der Waals surface area contributed by atoms with Crippen LogP contribution in [-0.2, 0) is 4.79 Å². The van der Waals surface area contributed by atoms with Crippen molar-refractivity contribution in [1.82, 2.24) is 4.98 Å². The van der Waals surface area contributed by atoms with Crippen molar-refractivity contribution in [2.24, 2.45) is 0 Å². The van der Waals surface area contributed by atoms with Gasteiger partial charge in [-0.15, -0.1) is 11.8 Å². The number of benzene rings is 2. The first kappa shape index (κ1) is 15.1. The van der Waals surface area contributed by atoms with Gasteiger partial charge in [0.15, 0.2) is 5.13 Å². The molecule has 1 amide bonds. The second-order valence-electron chi connectivity index (χ2n) is 4.80. The van der Waals surface area contributed by atoms with E-state index in [2.05, 4.69) is 22.4 Å². The molecule has 2 aromatic carbocycles. The van der Waals surface area contributed by atoms with E-state index < -0.39 is 0 Å². The second-order valence-corrected chi connectivity index (χ2v) is 7.00. The molecule has 0 aliphatic carbocycles. The summed E-state index contributed by atoms with van der Waals surface area (Å²) in [7, 11) is 0. The number of nitrogens with one attached hydrogen (secondary N) is 1.